The van der Waals surface area contributed by atoms with E-state index in [0.717, 1.165) is 19.3 Å². The largest absolute Gasteiger partial charge is 0.323 e. The van der Waals surface area contributed by atoms with Crippen LogP contribution < -0.4 is 19.6 Å². The lowest BCUT2D eigenvalue weighted by atomic mass is 10.0. The first kappa shape index (κ1) is 99.8. The van der Waals surface area contributed by atoms with Gasteiger partial charge in [0, 0.05) is 64.8 Å². The first-order valence-electron chi connectivity index (χ1n) is 41.2. The molecular weight excluding hydrogens is 1270 g/mol. The number of hydrogen-bond donors (Lipinski definition) is 0. The van der Waals surface area contributed by atoms with Crippen LogP contribution in [-0.4, -0.2) is 13.3 Å². The molecule has 0 spiro atoms. The zero-order chi connectivity index (χ0) is 79.9. The van der Waals surface area contributed by atoms with Crippen LogP contribution in [0.4, 0.5) is 45.5 Å². The molecule has 0 unspecified atom stereocenters. The molecule has 0 saturated heterocycles. The molecule has 14 rings (SSSR count). The molecule has 11 aromatic rings. The third-order valence-corrected chi connectivity index (χ3v) is 15.3. The summed E-state index contributed by atoms with van der Waals surface area (Å²) in [6.07, 6.45) is 2.86. The normalized spacial score (nSPS) is 9.39. The maximum atomic E-state index is 2.50. The molecule has 3 aliphatic carbocycles. The molecule has 0 amide bonds. The highest BCUT2D eigenvalue weighted by Gasteiger charge is 2.29. The molecule has 0 saturated carbocycles. The minimum Gasteiger partial charge on any atom is -0.323 e. The van der Waals surface area contributed by atoms with Crippen LogP contribution in [0, 0.1) is 0 Å². The molecule has 0 bridgehead atoms. The number of para-hydroxylation sites is 5. The number of hydrogen-bond acceptors (Lipinski definition) is 4. The maximum Gasteiger partial charge on any atom is 0.1000 e. The predicted molar refractivity (Wildman–Crippen MR) is 485 cm³/mol. The fourth-order valence-electron chi connectivity index (χ4n) is 11.7. The van der Waals surface area contributed by atoms with Crippen LogP contribution in [0.3, 0.4) is 0 Å². The summed E-state index contributed by atoms with van der Waals surface area (Å²) in [5.74, 6) is 0. The van der Waals surface area contributed by atoms with Crippen molar-refractivity contribution in [1.82, 2.24) is 0 Å². The summed E-state index contributed by atoms with van der Waals surface area (Å²) >= 11 is 0. The van der Waals surface area contributed by atoms with Crippen molar-refractivity contribution in [2.45, 2.75) is 227 Å². The topological polar surface area (TPSA) is 13.0 Å². The molecular formula is C101H146N4. The van der Waals surface area contributed by atoms with Crippen LogP contribution in [-0.2, 0) is 19.3 Å². The molecule has 4 heteroatoms. The molecule has 4 nitrogen and oxygen atoms in total. The Morgan fingerprint density at radius 2 is 0.324 bits per heavy atom. The van der Waals surface area contributed by atoms with Gasteiger partial charge >= 0.3 is 0 Å². The highest BCUT2D eigenvalue weighted by molar-refractivity contribution is 5.88. The molecule has 105 heavy (non-hydrogen) atoms. The molecule has 0 N–H and O–H groups in total. The zero-order valence-corrected chi connectivity index (χ0v) is 71.9. The first-order valence-corrected chi connectivity index (χ1v) is 41.2. The molecule has 0 aromatic heterocycles. The number of nitrogens with zero attached hydrogens (tertiary/aromatic N) is 4. The molecule has 0 atom stereocenters. The van der Waals surface area contributed by atoms with Gasteiger partial charge in [-0.05, 0) is 146 Å². The fraction of sp³-hybridized carbons (Fsp3) is 0.347. The Balaban J connectivity index is -0.00000147. The summed E-state index contributed by atoms with van der Waals surface area (Å²) in [5, 5.41) is 0. The lowest BCUT2D eigenvalue weighted by Crippen LogP contribution is -2.33. The van der Waals surface area contributed by atoms with E-state index in [0.29, 0.717) is 13.3 Å². The summed E-state index contributed by atoms with van der Waals surface area (Å²) in [6.45, 7) is 61.4. The molecule has 0 heterocycles. The van der Waals surface area contributed by atoms with Crippen molar-refractivity contribution in [2.24, 2.45) is 0 Å². The Hall–Kier alpha value is -9.38. The van der Waals surface area contributed by atoms with Gasteiger partial charge in [-0.2, -0.15) is 0 Å². The van der Waals surface area contributed by atoms with Gasteiger partial charge in [-0.3, -0.25) is 0 Å². The lowest BCUT2D eigenvalue weighted by Gasteiger charge is -2.36. The first-order chi connectivity index (χ1) is 52.2. The van der Waals surface area contributed by atoms with Crippen molar-refractivity contribution < 1.29 is 0 Å². The van der Waals surface area contributed by atoms with E-state index in [1.807, 2.05) is 208 Å². The van der Waals surface area contributed by atoms with E-state index in [1.54, 1.807) is 0 Å². The van der Waals surface area contributed by atoms with Crippen molar-refractivity contribution in [3.63, 3.8) is 0 Å². The van der Waals surface area contributed by atoms with Crippen LogP contribution in [0.1, 0.15) is 241 Å². The van der Waals surface area contributed by atoms with Gasteiger partial charge < -0.3 is 19.6 Å². The zero-order valence-electron chi connectivity index (χ0n) is 71.9. The maximum absolute atomic E-state index is 2.50. The molecule has 0 fully saturated rings. The van der Waals surface area contributed by atoms with Gasteiger partial charge in [0.15, 0.2) is 0 Å². The van der Waals surface area contributed by atoms with Gasteiger partial charge in [0.25, 0.3) is 0 Å². The molecule has 0 radical (unpaired) electrons. The van der Waals surface area contributed by atoms with Gasteiger partial charge in [-0.1, -0.05) is 408 Å². The average molecular weight is 1420 g/mol. The number of benzene rings is 11. The SMILES string of the molecule is CC.CC.CC.CC.CC.CC.CC.CC.CC.CC.CC.CC.CC.CC.CC.c1ccc(N(CN(c2ccccc2)c2cccc3c2Cc2ccccc2-3)c2cccc3c2Cc2ccccc2-3)cc1.c1ccc(N(CN(c2ccccc2)c2cccc3c2Cc2ccccc2-3)c2ccccc2)cc1. The van der Waals surface area contributed by atoms with Crippen molar-refractivity contribution in [3.8, 4) is 33.4 Å². The second kappa shape index (κ2) is 64.2. The van der Waals surface area contributed by atoms with Crippen molar-refractivity contribution in [1.29, 1.82) is 0 Å². The minimum absolute atomic E-state index is 0.688. The van der Waals surface area contributed by atoms with Crippen LogP contribution in [0.25, 0.3) is 33.4 Å². The van der Waals surface area contributed by atoms with Crippen LogP contribution in [0.15, 0.2) is 279 Å². The second-order valence-corrected chi connectivity index (χ2v) is 19.6. The Kier molecular flexibility index (Phi) is 61.1. The van der Waals surface area contributed by atoms with E-state index in [1.165, 1.54) is 112 Å². The third kappa shape index (κ3) is 28.2. The molecule has 11 aromatic carbocycles. The highest BCUT2D eigenvalue weighted by Crippen LogP contribution is 2.47. The Morgan fingerprint density at radius 3 is 0.533 bits per heavy atom. The van der Waals surface area contributed by atoms with E-state index in [2.05, 4.69) is 299 Å². The van der Waals surface area contributed by atoms with Crippen molar-refractivity contribution in [2.75, 3.05) is 32.9 Å². The summed E-state index contributed by atoms with van der Waals surface area (Å²) in [5.41, 5.74) is 26.2. The van der Waals surface area contributed by atoms with Crippen molar-refractivity contribution in [3.05, 3.63) is 312 Å². The van der Waals surface area contributed by atoms with Crippen molar-refractivity contribution >= 4 is 45.5 Å². The number of fused-ring (bicyclic) bond motifs is 9. The van der Waals surface area contributed by atoms with E-state index < -0.39 is 0 Å². The minimum atomic E-state index is 0.688. The van der Waals surface area contributed by atoms with Gasteiger partial charge in [-0.25, -0.2) is 0 Å². The second-order valence-electron chi connectivity index (χ2n) is 19.6. The van der Waals surface area contributed by atoms with Gasteiger partial charge in [0.05, 0.1) is 13.3 Å². The molecule has 3 aliphatic rings. The average Bonchev–Trinajstić information content (AvgIpc) is 1.69. The number of rotatable bonds is 12. The van der Waals surface area contributed by atoms with Gasteiger partial charge in [0.1, 0.15) is 0 Å². The molecule has 570 valence electrons. The Bertz CT molecular complexity index is 3590. The monoisotopic (exact) mass is 1420 g/mol. The smallest absolute Gasteiger partial charge is 0.1000 e. The van der Waals surface area contributed by atoms with E-state index in [-0.39, 0.29) is 0 Å². The van der Waals surface area contributed by atoms with Crippen LogP contribution in [0.5, 0.6) is 0 Å². The summed E-state index contributed by atoms with van der Waals surface area (Å²) in [6, 6.07) is 101. The summed E-state index contributed by atoms with van der Waals surface area (Å²) in [4.78, 5) is 9.83. The van der Waals surface area contributed by atoms with E-state index in [4.69, 9.17) is 0 Å². The molecule has 0 aliphatic heterocycles. The lowest BCUT2D eigenvalue weighted by molar-refractivity contribution is 0.914. The third-order valence-electron chi connectivity index (χ3n) is 15.3. The highest BCUT2D eigenvalue weighted by atomic mass is 15.3. The Morgan fingerprint density at radius 1 is 0.162 bits per heavy atom. The summed E-state index contributed by atoms with van der Waals surface area (Å²) in [7, 11) is 0. The Labute approximate surface area is 647 Å². The van der Waals surface area contributed by atoms with E-state index >= 15 is 0 Å². The van der Waals surface area contributed by atoms with Gasteiger partial charge in [0.2, 0.25) is 0 Å². The van der Waals surface area contributed by atoms with E-state index in [9.17, 15) is 0 Å². The van der Waals surface area contributed by atoms with Crippen LogP contribution in [0.2, 0.25) is 0 Å². The van der Waals surface area contributed by atoms with Gasteiger partial charge in [-0.15, -0.1) is 0 Å². The van der Waals surface area contributed by atoms with Crippen LogP contribution >= 0.6 is 0 Å². The quantitative estimate of drug-likeness (QED) is 0.113. The standard InChI is InChI=1S/C39H30N2.C32H26N2.15C2H6/c1-3-15-30(16-4-1)40(38-23-11-21-34-32-19-9-7-13-28(32)25-36(34)38)27-41(31-17-5-2-6-18-31)39-24-12-22-35-33-20-10-8-14-29(33)26-37(35)39;1-4-14-26(15-5-1)33(27-16-6-2-7-17-27)24-34(28-18-8-3-9-19-28)32-22-12-21-30-29-20-11-10-13-25(29)23-31(30)32;15*1-2/h1-24H,25-27H2;1-22H,23-24H2;15*1-2H3. The summed E-state index contributed by atoms with van der Waals surface area (Å²) < 4.78 is 0. The fourth-order valence-corrected chi connectivity index (χ4v) is 11.7. The predicted octanol–water partition coefficient (Wildman–Crippen LogP) is 33.3. The number of anilines is 8.